The number of carbonyl (C=O) groups excluding carboxylic acids is 2. The minimum atomic E-state index is -4.38. The van der Waals surface area contributed by atoms with Crippen LogP contribution < -0.4 is 5.73 Å². The summed E-state index contributed by atoms with van der Waals surface area (Å²) in [5.41, 5.74) is 5.33. The molecule has 9 nitrogen and oxygen atoms in total. The van der Waals surface area contributed by atoms with Gasteiger partial charge in [-0.3, -0.25) is 18.6 Å². The molecule has 2 atom stereocenters. The maximum absolute atomic E-state index is 12.5. The minimum Gasteiger partial charge on any atom is -0.462 e. The topological polar surface area (TPSA) is 134 Å². The Balaban J connectivity index is 4.24. The normalized spacial score (nSPS) is 13.8. The molecule has 0 heterocycles. The number of hydrogen-bond acceptors (Lipinski definition) is 8. The van der Waals surface area contributed by atoms with Crippen LogP contribution >= 0.6 is 7.82 Å². The Kier molecular flexibility index (Phi) is 35.7. The minimum absolute atomic E-state index is 0.0496. The van der Waals surface area contributed by atoms with Crippen LogP contribution in [0.2, 0.25) is 0 Å². The number of nitrogens with two attached hydrogens (primary N) is 1. The predicted molar refractivity (Wildman–Crippen MR) is 206 cm³/mol. The summed E-state index contributed by atoms with van der Waals surface area (Å²) in [6.07, 6.45) is 38.8. The van der Waals surface area contributed by atoms with E-state index in [1.165, 1.54) is 57.8 Å². The first-order valence-corrected chi connectivity index (χ1v) is 21.5. The van der Waals surface area contributed by atoms with Gasteiger partial charge in [-0.05, 0) is 64.2 Å². The Bertz CT molecular complexity index is 923. The lowest BCUT2D eigenvalue weighted by molar-refractivity contribution is -0.161. The van der Waals surface area contributed by atoms with Gasteiger partial charge in [-0.15, -0.1) is 0 Å². The summed E-state index contributed by atoms with van der Waals surface area (Å²) in [6, 6.07) is 0. The fourth-order valence-corrected chi connectivity index (χ4v) is 6.00. The van der Waals surface area contributed by atoms with Crippen molar-refractivity contribution >= 4 is 19.8 Å². The molecule has 292 valence electrons. The van der Waals surface area contributed by atoms with Crippen molar-refractivity contribution < 1.29 is 37.6 Å². The summed E-state index contributed by atoms with van der Waals surface area (Å²) in [4.78, 5) is 34.7. The average Bonchev–Trinajstić information content (AvgIpc) is 3.10. The zero-order chi connectivity index (χ0) is 36.8. The van der Waals surface area contributed by atoms with E-state index in [1.54, 1.807) is 0 Å². The number of hydrogen-bond donors (Lipinski definition) is 2. The molecule has 0 spiro atoms. The third-order valence-corrected chi connectivity index (χ3v) is 9.23. The maximum Gasteiger partial charge on any atom is 0.472 e. The Morgan fingerprint density at radius 2 is 1.06 bits per heavy atom. The van der Waals surface area contributed by atoms with Crippen molar-refractivity contribution in [2.75, 3.05) is 26.4 Å². The number of phosphoric ester groups is 1. The summed E-state index contributed by atoms with van der Waals surface area (Å²) in [7, 11) is -4.38. The first kappa shape index (κ1) is 48.2. The molecule has 0 aromatic rings. The molecule has 0 aliphatic heterocycles. The highest BCUT2D eigenvalue weighted by Crippen LogP contribution is 2.43. The van der Waals surface area contributed by atoms with Crippen LogP contribution in [0.3, 0.4) is 0 Å². The Morgan fingerprint density at radius 3 is 1.60 bits per heavy atom. The summed E-state index contributed by atoms with van der Waals surface area (Å²) in [5, 5.41) is 0. The van der Waals surface area contributed by atoms with Gasteiger partial charge >= 0.3 is 19.8 Å². The van der Waals surface area contributed by atoms with Crippen molar-refractivity contribution in [2.24, 2.45) is 5.73 Å². The largest absolute Gasteiger partial charge is 0.472 e. The monoisotopic (exact) mass is 728 g/mol. The lowest BCUT2D eigenvalue weighted by atomic mass is 10.1. The van der Waals surface area contributed by atoms with Crippen molar-refractivity contribution in [1.29, 1.82) is 0 Å². The summed E-state index contributed by atoms with van der Waals surface area (Å²) < 4.78 is 32.7. The van der Waals surface area contributed by atoms with Gasteiger partial charge in [0.2, 0.25) is 0 Å². The van der Waals surface area contributed by atoms with Gasteiger partial charge in [0.15, 0.2) is 6.10 Å². The summed E-state index contributed by atoms with van der Waals surface area (Å²) in [5.74, 6) is -0.856. The molecular weight excluding hydrogens is 653 g/mol. The van der Waals surface area contributed by atoms with Crippen molar-refractivity contribution in [1.82, 2.24) is 0 Å². The predicted octanol–water partition coefficient (Wildman–Crippen LogP) is 11.0. The quantitative estimate of drug-likeness (QED) is 0.0277. The molecule has 0 aliphatic carbocycles. The molecule has 0 aromatic carbocycles. The van der Waals surface area contributed by atoms with Crippen molar-refractivity contribution in [2.45, 2.75) is 180 Å². The van der Waals surface area contributed by atoms with Gasteiger partial charge in [-0.1, -0.05) is 134 Å². The average molecular weight is 728 g/mol. The number of phosphoric acid groups is 1. The highest BCUT2D eigenvalue weighted by molar-refractivity contribution is 7.47. The second-order valence-electron chi connectivity index (χ2n) is 13.1. The van der Waals surface area contributed by atoms with Gasteiger partial charge in [-0.2, -0.15) is 0 Å². The van der Waals surface area contributed by atoms with Crippen LogP contribution in [-0.4, -0.2) is 49.3 Å². The van der Waals surface area contributed by atoms with Crippen LogP contribution in [0.5, 0.6) is 0 Å². The molecule has 1 unspecified atom stereocenters. The zero-order valence-corrected chi connectivity index (χ0v) is 32.8. The van der Waals surface area contributed by atoms with E-state index in [0.29, 0.717) is 12.8 Å². The molecule has 0 fully saturated rings. The molecule has 0 amide bonds. The van der Waals surface area contributed by atoms with E-state index in [9.17, 15) is 19.0 Å². The number of unbranched alkanes of at least 4 members (excludes halogenated alkanes) is 18. The number of ether oxygens (including phenoxy) is 2. The number of esters is 2. The lowest BCUT2D eigenvalue weighted by Crippen LogP contribution is -2.29. The summed E-state index contributed by atoms with van der Waals surface area (Å²) >= 11 is 0. The van der Waals surface area contributed by atoms with Gasteiger partial charge in [0.1, 0.15) is 6.61 Å². The third-order valence-electron chi connectivity index (χ3n) is 8.25. The number of allylic oxidation sites excluding steroid dienone is 6. The molecule has 0 bridgehead atoms. The smallest absolute Gasteiger partial charge is 0.462 e. The van der Waals surface area contributed by atoms with Crippen LogP contribution in [0.4, 0.5) is 0 Å². The molecule has 0 saturated carbocycles. The second-order valence-corrected chi connectivity index (χ2v) is 14.6. The van der Waals surface area contributed by atoms with Crippen LogP contribution in [0, 0.1) is 0 Å². The number of rotatable bonds is 37. The van der Waals surface area contributed by atoms with Gasteiger partial charge in [0, 0.05) is 19.4 Å². The fourth-order valence-electron chi connectivity index (χ4n) is 5.23. The van der Waals surface area contributed by atoms with Gasteiger partial charge in [0.25, 0.3) is 0 Å². The van der Waals surface area contributed by atoms with Crippen LogP contribution in [0.15, 0.2) is 36.5 Å². The highest BCUT2D eigenvalue weighted by Gasteiger charge is 2.25. The lowest BCUT2D eigenvalue weighted by Gasteiger charge is -2.19. The van der Waals surface area contributed by atoms with Gasteiger partial charge in [-0.25, -0.2) is 4.57 Å². The van der Waals surface area contributed by atoms with Crippen LogP contribution in [0.25, 0.3) is 0 Å². The van der Waals surface area contributed by atoms with E-state index in [-0.39, 0.29) is 32.6 Å². The molecule has 10 heteroatoms. The van der Waals surface area contributed by atoms with E-state index in [1.807, 2.05) is 0 Å². The van der Waals surface area contributed by atoms with Crippen molar-refractivity contribution in [3.05, 3.63) is 36.5 Å². The molecule has 3 N–H and O–H groups in total. The van der Waals surface area contributed by atoms with E-state index in [4.69, 9.17) is 24.3 Å². The van der Waals surface area contributed by atoms with Crippen LogP contribution in [0.1, 0.15) is 174 Å². The maximum atomic E-state index is 12.5. The highest BCUT2D eigenvalue weighted by atomic mass is 31.2. The number of carbonyl (C=O) groups is 2. The first-order valence-electron chi connectivity index (χ1n) is 20.0. The standard InChI is InChI=1S/C40H74NO8P/c1-3-5-7-9-11-13-15-17-19-21-23-25-27-29-31-33-40(43)49-38(37-48-50(44,45)47-35-34-41)36-46-39(42)32-30-28-26-24-22-20-18-16-14-12-10-8-6-4-2/h10,12,16-19,38H,3-9,11,13-15,20-37,41H2,1-2H3,(H,44,45)/b12-10+,18-16+,19-17+/t38-/m1/s1. The van der Waals surface area contributed by atoms with Crippen molar-refractivity contribution in [3.8, 4) is 0 Å². The Hall–Kier alpha value is -1.77. The molecule has 0 aromatic heterocycles. The van der Waals surface area contributed by atoms with E-state index < -0.39 is 32.5 Å². The first-order chi connectivity index (χ1) is 24.3. The van der Waals surface area contributed by atoms with Crippen molar-refractivity contribution in [3.63, 3.8) is 0 Å². The zero-order valence-electron chi connectivity index (χ0n) is 31.9. The van der Waals surface area contributed by atoms with E-state index in [0.717, 1.165) is 77.0 Å². The fraction of sp³-hybridized carbons (Fsp3) is 0.800. The Morgan fingerprint density at radius 1 is 0.600 bits per heavy atom. The molecule has 0 rings (SSSR count). The third kappa shape index (κ3) is 36.0. The van der Waals surface area contributed by atoms with Crippen LogP contribution in [-0.2, 0) is 32.7 Å². The van der Waals surface area contributed by atoms with Gasteiger partial charge < -0.3 is 20.1 Å². The molecule has 0 aliphatic rings. The summed E-state index contributed by atoms with van der Waals surface area (Å²) in [6.45, 7) is 3.65. The second kappa shape index (κ2) is 37.0. The molecule has 50 heavy (non-hydrogen) atoms. The SMILES string of the molecule is CCCC/C=C/C/C=C/CCCCCCCC(=O)OC[C@H](COP(=O)(O)OCCN)OC(=O)CCCCCCC/C=C/CCCCCCCC. The van der Waals surface area contributed by atoms with E-state index in [2.05, 4.69) is 50.3 Å². The van der Waals surface area contributed by atoms with Gasteiger partial charge in [0.05, 0.1) is 13.2 Å². The molecule has 0 saturated heterocycles. The Labute approximate surface area is 305 Å². The molecular formula is C40H74NO8P. The van der Waals surface area contributed by atoms with E-state index >= 15 is 0 Å². The molecule has 0 radical (unpaired) electrons.